The summed E-state index contributed by atoms with van der Waals surface area (Å²) in [6, 6.07) is 5.79. The monoisotopic (exact) mass is 311 g/mol. The Hall–Kier alpha value is -2.67. The zero-order valence-electron chi connectivity index (χ0n) is 12.7. The topological polar surface area (TPSA) is 84.5 Å². The summed E-state index contributed by atoms with van der Waals surface area (Å²) in [5.41, 5.74) is 1.98. The van der Waals surface area contributed by atoms with E-state index in [4.69, 9.17) is 4.42 Å². The van der Waals surface area contributed by atoms with Gasteiger partial charge in [0.05, 0.1) is 11.7 Å². The van der Waals surface area contributed by atoms with E-state index in [0.717, 1.165) is 30.7 Å². The van der Waals surface area contributed by atoms with E-state index in [2.05, 4.69) is 20.6 Å². The largest absolute Gasteiger partial charge is 0.446 e. The molecule has 1 aliphatic rings. The van der Waals surface area contributed by atoms with Gasteiger partial charge in [-0.05, 0) is 38.4 Å². The van der Waals surface area contributed by atoms with Crippen LogP contribution < -0.4 is 10.6 Å². The Morgan fingerprint density at radius 1 is 1.48 bits per heavy atom. The second-order valence-electron chi connectivity index (χ2n) is 5.64. The summed E-state index contributed by atoms with van der Waals surface area (Å²) in [5.74, 6) is 0.838. The summed E-state index contributed by atoms with van der Waals surface area (Å²) in [5, 5.41) is 6.16. The lowest BCUT2D eigenvalue weighted by Gasteiger charge is -2.08. The Morgan fingerprint density at radius 3 is 3.17 bits per heavy atom. The van der Waals surface area contributed by atoms with Crippen molar-refractivity contribution in [3.05, 3.63) is 47.9 Å². The summed E-state index contributed by atoms with van der Waals surface area (Å²) in [6.07, 6.45) is 5.25. The molecule has 0 saturated carbocycles. The molecule has 1 saturated heterocycles. The minimum Gasteiger partial charge on any atom is -0.446 e. The minimum atomic E-state index is -0.297. The van der Waals surface area contributed by atoms with Gasteiger partial charge in [-0.2, -0.15) is 0 Å². The maximum atomic E-state index is 12.6. The van der Waals surface area contributed by atoms with Gasteiger partial charge in [-0.25, -0.2) is 9.97 Å². The molecule has 1 aliphatic heterocycles. The molecule has 4 heterocycles. The second-order valence-corrected chi connectivity index (χ2v) is 5.64. The van der Waals surface area contributed by atoms with Crippen LogP contribution in [0.15, 0.2) is 35.2 Å². The van der Waals surface area contributed by atoms with Crippen LogP contribution in [0.4, 0.5) is 5.82 Å². The Labute approximate surface area is 132 Å². The third-order valence-corrected chi connectivity index (χ3v) is 4.19. The fraction of sp³-hybridized carbons (Fsp3) is 0.312. The highest BCUT2D eigenvalue weighted by atomic mass is 16.3. The molecule has 3 aromatic heterocycles. The number of rotatable bonds is 3. The van der Waals surface area contributed by atoms with Crippen LogP contribution in [0.5, 0.6) is 0 Å². The average molecular weight is 311 g/mol. The predicted octanol–water partition coefficient (Wildman–Crippen LogP) is 2.31. The van der Waals surface area contributed by atoms with Gasteiger partial charge >= 0.3 is 0 Å². The van der Waals surface area contributed by atoms with Crippen molar-refractivity contribution in [2.24, 2.45) is 0 Å². The molecule has 1 atom stereocenters. The predicted molar refractivity (Wildman–Crippen MR) is 84.4 cm³/mol. The van der Waals surface area contributed by atoms with Crippen molar-refractivity contribution in [1.82, 2.24) is 19.7 Å². The van der Waals surface area contributed by atoms with Crippen LogP contribution in [0.3, 0.4) is 0 Å². The SMILES string of the molecule is Cc1c(NC(=O)c2ncoc2C2CCCN2)nc2ccccn12. The van der Waals surface area contributed by atoms with Gasteiger partial charge in [0.15, 0.2) is 23.7 Å². The molecule has 0 aromatic carbocycles. The van der Waals surface area contributed by atoms with Gasteiger partial charge in [-0.3, -0.25) is 4.79 Å². The van der Waals surface area contributed by atoms with E-state index in [-0.39, 0.29) is 11.9 Å². The van der Waals surface area contributed by atoms with Crippen LogP contribution >= 0.6 is 0 Å². The number of hydrogen-bond acceptors (Lipinski definition) is 5. The van der Waals surface area contributed by atoms with Gasteiger partial charge in [0.2, 0.25) is 0 Å². The van der Waals surface area contributed by atoms with Gasteiger partial charge in [0, 0.05) is 6.20 Å². The molecule has 3 aromatic rings. The van der Waals surface area contributed by atoms with Gasteiger partial charge in [0.25, 0.3) is 5.91 Å². The number of fused-ring (bicyclic) bond motifs is 1. The van der Waals surface area contributed by atoms with Gasteiger partial charge in [-0.1, -0.05) is 6.07 Å². The number of aromatic nitrogens is 3. The number of pyridine rings is 1. The Morgan fingerprint density at radius 2 is 2.39 bits per heavy atom. The highest BCUT2D eigenvalue weighted by molar-refractivity contribution is 6.03. The third kappa shape index (κ3) is 2.39. The number of imidazole rings is 1. The first-order valence-corrected chi connectivity index (χ1v) is 7.66. The fourth-order valence-electron chi connectivity index (χ4n) is 2.98. The highest BCUT2D eigenvalue weighted by Gasteiger charge is 2.27. The number of oxazole rings is 1. The van der Waals surface area contributed by atoms with Crippen molar-refractivity contribution in [2.75, 3.05) is 11.9 Å². The lowest BCUT2D eigenvalue weighted by atomic mass is 10.1. The maximum Gasteiger partial charge on any atom is 0.279 e. The van der Waals surface area contributed by atoms with E-state index >= 15 is 0 Å². The smallest absolute Gasteiger partial charge is 0.279 e. The number of amides is 1. The maximum absolute atomic E-state index is 12.6. The number of carbonyl (C=O) groups is 1. The number of nitrogens with one attached hydrogen (secondary N) is 2. The Bertz CT molecular complexity index is 860. The number of carbonyl (C=O) groups excluding carboxylic acids is 1. The molecule has 23 heavy (non-hydrogen) atoms. The standard InChI is InChI=1S/C16H17N5O2/c1-10-15(19-12-6-2-3-8-21(10)12)20-16(22)13-14(23-9-18-13)11-5-4-7-17-11/h2-3,6,8-9,11,17H,4-5,7H2,1H3,(H,20,22). The van der Waals surface area contributed by atoms with Crippen molar-refractivity contribution < 1.29 is 9.21 Å². The fourth-order valence-corrected chi connectivity index (χ4v) is 2.98. The molecule has 7 nitrogen and oxygen atoms in total. The highest BCUT2D eigenvalue weighted by Crippen LogP contribution is 2.26. The average Bonchev–Trinajstić information content (AvgIpc) is 3.28. The normalized spacial score (nSPS) is 17.7. The van der Waals surface area contributed by atoms with E-state index in [1.807, 2.05) is 35.7 Å². The third-order valence-electron chi connectivity index (χ3n) is 4.19. The summed E-state index contributed by atoms with van der Waals surface area (Å²) in [7, 11) is 0. The van der Waals surface area contributed by atoms with Crippen LogP contribution in [0.25, 0.3) is 5.65 Å². The first-order valence-electron chi connectivity index (χ1n) is 7.66. The summed E-state index contributed by atoms with van der Waals surface area (Å²) in [6.45, 7) is 2.84. The van der Waals surface area contributed by atoms with Crippen LogP contribution in [0.1, 0.15) is 40.8 Å². The van der Waals surface area contributed by atoms with E-state index in [9.17, 15) is 4.79 Å². The molecule has 1 amide bonds. The zero-order valence-corrected chi connectivity index (χ0v) is 12.7. The minimum absolute atomic E-state index is 0.0559. The lowest BCUT2D eigenvalue weighted by Crippen LogP contribution is -2.19. The number of aryl methyl sites for hydroxylation is 1. The Kier molecular flexibility index (Phi) is 3.34. The molecule has 0 spiro atoms. The van der Waals surface area contributed by atoms with Crippen molar-refractivity contribution >= 4 is 17.4 Å². The van der Waals surface area contributed by atoms with E-state index in [1.165, 1.54) is 6.39 Å². The number of nitrogens with zero attached hydrogens (tertiary/aromatic N) is 3. The van der Waals surface area contributed by atoms with Crippen LogP contribution in [0, 0.1) is 6.92 Å². The van der Waals surface area contributed by atoms with Crippen LogP contribution in [0.2, 0.25) is 0 Å². The van der Waals surface area contributed by atoms with E-state index in [1.54, 1.807) is 0 Å². The molecule has 7 heteroatoms. The van der Waals surface area contributed by atoms with Gasteiger partial charge < -0.3 is 19.5 Å². The summed E-state index contributed by atoms with van der Waals surface area (Å²) < 4.78 is 7.36. The zero-order chi connectivity index (χ0) is 15.8. The molecule has 2 N–H and O–H groups in total. The summed E-state index contributed by atoms with van der Waals surface area (Å²) in [4.78, 5) is 21.1. The lowest BCUT2D eigenvalue weighted by molar-refractivity contribution is 0.101. The first-order chi connectivity index (χ1) is 11.2. The van der Waals surface area contributed by atoms with Crippen molar-refractivity contribution in [3.8, 4) is 0 Å². The second kappa shape index (κ2) is 5.51. The van der Waals surface area contributed by atoms with Crippen LogP contribution in [-0.2, 0) is 0 Å². The molecule has 118 valence electrons. The van der Waals surface area contributed by atoms with Crippen molar-refractivity contribution in [1.29, 1.82) is 0 Å². The van der Waals surface area contributed by atoms with Crippen LogP contribution in [-0.4, -0.2) is 26.8 Å². The molecule has 4 rings (SSSR count). The van der Waals surface area contributed by atoms with Gasteiger partial charge in [0.1, 0.15) is 5.65 Å². The quantitative estimate of drug-likeness (QED) is 0.775. The molecular weight excluding hydrogens is 294 g/mol. The number of anilines is 1. The first kappa shape index (κ1) is 14.0. The van der Waals surface area contributed by atoms with Crippen molar-refractivity contribution in [3.63, 3.8) is 0 Å². The molecule has 0 bridgehead atoms. The van der Waals surface area contributed by atoms with Crippen molar-refractivity contribution in [2.45, 2.75) is 25.8 Å². The van der Waals surface area contributed by atoms with E-state index in [0.29, 0.717) is 17.3 Å². The summed E-state index contributed by atoms with van der Waals surface area (Å²) >= 11 is 0. The Balaban J connectivity index is 1.62. The molecule has 0 aliphatic carbocycles. The molecule has 1 fully saturated rings. The molecule has 0 radical (unpaired) electrons. The molecular formula is C16H17N5O2. The number of hydrogen-bond donors (Lipinski definition) is 2. The van der Waals surface area contributed by atoms with E-state index < -0.39 is 0 Å². The molecule has 1 unspecified atom stereocenters. The van der Waals surface area contributed by atoms with Gasteiger partial charge in [-0.15, -0.1) is 0 Å².